The number of aromatic nitrogens is 3. The number of nitro benzene ring substituents is 1. The van der Waals surface area contributed by atoms with Crippen molar-refractivity contribution in [2.75, 3.05) is 0 Å². The van der Waals surface area contributed by atoms with Crippen molar-refractivity contribution in [3.63, 3.8) is 0 Å². The Hall–Kier alpha value is -2.19. The summed E-state index contributed by atoms with van der Waals surface area (Å²) in [5.74, 6) is 0.909. The summed E-state index contributed by atoms with van der Waals surface area (Å²) in [6.45, 7) is 2.01. The van der Waals surface area contributed by atoms with Gasteiger partial charge in [0.1, 0.15) is 5.82 Å². The molecule has 0 unspecified atom stereocenters. The Kier molecular flexibility index (Phi) is 4.96. The van der Waals surface area contributed by atoms with Gasteiger partial charge in [-0.2, -0.15) is 0 Å². The maximum atomic E-state index is 10.9. The van der Waals surface area contributed by atoms with E-state index >= 15 is 0 Å². The molecule has 2 heterocycles. The Morgan fingerprint density at radius 3 is 2.88 bits per heavy atom. The molecular formula is C16H16N4O2S2. The van der Waals surface area contributed by atoms with Gasteiger partial charge < -0.3 is 4.57 Å². The van der Waals surface area contributed by atoms with Gasteiger partial charge in [-0.05, 0) is 23.9 Å². The zero-order valence-electron chi connectivity index (χ0n) is 13.2. The van der Waals surface area contributed by atoms with E-state index in [1.54, 1.807) is 35.2 Å². The molecule has 1 aromatic carbocycles. The van der Waals surface area contributed by atoms with Crippen molar-refractivity contribution in [1.29, 1.82) is 0 Å². The fourth-order valence-electron chi connectivity index (χ4n) is 2.29. The van der Waals surface area contributed by atoms with Crippen molar-refractivity contribution in [3.05, 3.63) is 68.2 Å². The van der Waals surface area contributed by atoms with Crippen LogP contribution in [0.2, 0.25) is 0 Å². The lowest BCUT2D eigenvalue weighted by atomic mass is 10.1. The van der Waals surface area contributed by atoms with Crippen LogP contribution < -0.4 is 0 Å². The molecule has 1 atom stereocenters. The lowest BCUT2D eigenvalue weighted by Gasteiger charge is -2.11. The van der Waals surface area contributed by atoms with Gasteiger partial charge in [-0.1, -0.05) is 30.0 Å². The van der Waals surface area contributed by atoms with Crippen LogP contribution in [-0.2, 0) is 13.5 Å². The minimum Gasteiger partial charge on any atom is -0.309 e. The van der Waals surface area contributed by atoms with Crippen LogP contribution >= 0.6 is 23.1 Å². The summed E-state index contributed by atoms with van der Waals surface area (Å²) < 4.78 is 1.98. The topological polar surface area (TPSA) is 73.8 Å². The second kappa shape index (κ2) is 7.14. The Bertz CT molecular complexity index is 846. The predicted octanol–water partition coefficient (Wildman–Crippen LogP) is 4.23. The van der Waals surface area contributed by atoms with Gasteiger partial charge in [0.15, 0.2) is 5.16 Å². The molecular weight excluding hydrogens is 344 g/mol. The molecule has 2 aromatic heterocycles. The van der Waals surface area contributed by atoms with Crippen LogP contribution in [0.15, 0.2) is 46.9 Å². The van der Waals surface area contributed by atoms with Crippen LogP contribution in [0.1, 0.15) is 28.4 Å². The molecule has 0 aliphatic rings. The molecule has 24 heavy (non-hydrogen) atoms. The number of nitrogens with zero attached hydrogens (tertiary/aromatic N) is 4. The summed E-state index contributed by atoms with van der Waals surface area (Å²) in [4.78, 5) is 11.8. The van der Waals surface area contributed by atoms with Crippen LogP contribution in [0.4, 0.5) is 5.69 Å². The molecule has 6 nitrogen and oxygen atoms in total. The molecule has 0 N–H and O–H groups in total. The second-order valence-electron chi connectivity index (χ2n) is 5.33. The van der Waals surface area contributed by atoms with Gasteiger partial charge in [0.2, 0.25) is 0 Å². The van der Waals surface area contributed by atoms with Crippen LogP contribution in [0.3, 0.4) is 0 Å². The van der Waals surface area contributed by atoms with E-state index in [2.05, 4.69) is 16.3 Å². The third-order valence-corrected chi connectivity index (χ3v) is 5.74. The van der Waals surface area contributed by atoms with E-state index in [1.807, 2.05) is 36.1 Å². The first-order valence-corrected chi connectivity index (χ1v) is 9.12. The molecule has 3 aromatic rings. The first-order chi connectivity index (χ1) is 11.5. The standard InChI is InChI=1S/C16H16N4O2S2/c1-11(12-5-3-6-13(9-12)20(21)22)24-16-18-17-15(19(16)2)10-14-7-4-8-23-14/h3-9,11H,10H2,1-2H3/t11-/m0/s1. The van der Waals surface area contributed by atoms with Crippen molar-refractivity contribution in [2.45, 2.75) is 23.8 Å². The summed E-state index contributed by atoms with van der Waals surface area (Å²) >= 11 is 3.25. The highest BCUT2D eigenvalue weighted by Crippen LogP contribution is 2.35. The quantitative estimate of drug-likeness (QED) is 0.374. The fourth-order valence-corrected chi connectivity index (χ4v) is 3.94. The van der Waals surface area contributed by atoms with Crippen LogP contribution in [-0.4, -0.2) is 19.7 Å². The largest absolute Gasteiger partial charge is 0.309 e. The van der Waals surface area contributed by atoms with Crippen LogP contribution in [0.25, 0.3) is 0 Å². The third-order valence-electron chi connectivity index (χ3n) is 3.67. The zero-order valence-corrected chi connectivity index (χ0v) is 14.9. The van der Waals surface area contributed by atoms with Gasteiger partial charge in [-0.25, -0.2) is 0 Å². The Labute approximate surface area is 147 Å². The number of rotatable bonds is 6. The van der Waals surface area contributed by atoms with Crippen molar-refractivity contribution in [1.82, 2.24) is 14.8 Å². The molecule has 0 aliphatic heterocycles. The average molecular weight is 360 g/mol. The fraction of sp³-hybridized carbons (Fsp3) is 0.250. The van der Waals surface area contributed by atoms with Crippen molar-refractivity contribution in [2.24, 2.45) is 7.05 Å². The maximum Gasteiger partial charge on any atom is 0.269 e. The average Bonchev–Trinajstić information content (AvgIpc) is 3.20. The number of benzene rings is 1. The van der Waals surface area contributed by atoms with Gasteiger partial charge in [0.05, 0.1) is 4.92 Å². The molecule has 0 bridgehead atoms. The van der Waals surface area contributed by atoms with E-state index in [4.69, 9.17) is 0 Å². The minimum absolute atomic E-state index is 0.0439. The Morgan fingerprint density at radius 1 is 1.33 bits per heavy atom. The first kappa shape index (κ1) is 16.7. The van der Waals surface area contributed by atoms with Gasteiger partial charge >= 0.3 is 0 Å². The normalized spacial score (nSPS) is 12.2. The molecule has 0 fully saturated rings. The number of nitro groups is 1. The maximum absolute atomic E-state index is 10.9. The molecule has 3 rings (SSSR count). The minimum atomic E-state index is -0.373. The van der Waals surface area contributed by atoms with E-state index in [0.717, 1.165) is 23.0 Å². The first-order valence-electron chi connectivity index (χ1n) is 7.36. The SMILES string of the molecule is C[C@H](Sc1nnc(Cc2cccs2)n1C)c1cccc([N+](=O)[O-])c1. The van der Waals surface area contributed by atoms with Crippen LogP contribution in [0.5, 0.6) is 0 Å². The number of hydrogen-bond donors (Lipinski definition) is 0. The molecule has 0 radical (unpaired) electrons. The molecule has 0 aliphatic carbocycles. The van der Waals surface area contributed by atoms with E-state index in [0.29, 0.717) is 0 Å². The Balaban J connectivity index is 1.75. The summed E-state index contributed by atoms with van der Waals surface area (Å²) in [6.07, 6.45) is 0.757. The van der Waals surface area contributed by atoms with Crippen molar-refractivity contribution >= 4 is 28.8 Å². The highest BCUT2D eigenvalue weighted by atomic mass is 32.2. The number of non-ortho nitro benzene ring substituents is 1. The summed E-state index contributed by atoms with van der Waals surface area (Å²) in [7, 11) is 1.95. The molecule has 0 saturated carbocycles. The second-order valence-corrected chi connectivity index (χ2v) is 7.67. The summed E-state index contributed by atoms with van der Waals surface area (Å²) in [5, 5.41) is 22.4. The lowest BCUT2D eigenvalue weighted by molar-refractivity contribution is -0.384. The van der Waals surface area contributed by atoms with Gasteiger partial charge in [-0.15, -0.1) is 21.5 Å². The van der Waals surface area contributed by atoms with Gasteiger partial charge in [-0.3, -0.25) is 10.1 Å². The van der Waals surface area contributed by atoms with Crippen molar-refractivity contribution in [3.8, 4) is 0 Å². The molecule has 0 saturated heterocycles. The Morgan fingerprint density at radius 2 is 2.17 bits per heavy atom. The highest BCUT2D eigenvalue weighted by molar-refractivity contribution is 7.99. The van der Waals surface area contributed by atoms with Crippen LogP contribution in [0, 0.1) is 10.1 Å². The molecule has 124 valence electrons. The number of thioether (sulfide) groups is 1. The molecule has 0 amide bonds. The van der Waals surface area contributed by atoms with E-state index < -0.39 is 0 Å². The van der Waals surface area contributed by atoms with E-state index in [1.165, 1.54) is 10.9 Å². The molecule has 0 spiro atoms. The highest BCUT2D eigenvalue weighted by Gasteiger charge is 2.16. The third kappa shape index (κ3) is 3.65. The predicted molar refractivity (Wildman–Crippen MR) is 95.5 cm³/mol. The van der Waals surface area contributed by atoms with Gasteiger partial charge in [0.25, 0.3) is 5.69 Å². The number of thiophene rings is 1. The smallest absolute Gasteiger partial charge is 0.269 e. The van der Waals surface area contributed by atoms with Gasteiger partial charge in [0, 0.05) is 35.7 Å². The summed E-state index contributed by atoms with van der Waals surface area (Å²) in [6, 6.07) is 10.8. The van der Waals surface area contributed by atoms with Crippen molar-refractivity contribution < 1.29 is 4.92 Å². The monoisotopic (exact) mass is 360 g/mol. The van der Waals surface area contributed by atoms with E-state index in [-0.39, 0.29) is 15.9 Å². The van der Waals surface area contributed by atoms with E-state index in [9.17, 15) is 10.1 Å². The zero-order chi connectivity index (χ0) is 17.1. The lowest BCUT2D eigenvalue weighted by Crippen LogP contribution is -2.00. The molecule has 8 heteroatoms. The summed E-state index contributed by atoms with van der Waals surface area (Å²) in [5.41, 5.74) is 1.01. The number of hydrogen-bond acceptors (Lipinski definition) is 6.